The summed E-state index contributed by atoms with van der Waals surface area (Å²) in [6.07, 6.45) is 4.98. The van der Waals surface area contributed by atoms with Crippen molar-refractivity contribution in [2.45, 2.75) is 39.7 Å². The topological polar surface area (TPSA) is 92.2 Å². The van der Waals surface area contributed by atoms with Crippen molar-refractivity contribution in [1.82, 2.24) is 4.90 Å². The molecule has 0 aromatic carbocycles. The van der Waals surface area contributed by atoms with E-state index in [0.29, 0.717) is 19.6 Å². The van der Waals surface area contributed by atoms with Crippen molar-refractivity contribution in [2.24, 2.45) is 10.8 Å². The zero-order valence-electron chi connectivity index (χ0n) is 15.3. The van der Waals surface area contributed by atoms with Crippen molar-refractivity contribution in [3.63, 3.8) is 0 Å². The van der Waals surface area contributed by atoms with Crippen molar-refractivity contribution in [3.8, 4) is 18.4 Å². The Bertz CT molecular complexity index is 571. The third kappa shape index (κ3) is 6.28. The Morgan fingerprint density at radius 1 is 1.36 bits per heavy atom. The largest absolute Gasteiger partial charge is 0.452 e. The van der Waals surface area contributed by atoms with Crippen LogP contribution >= 0.6 is 0 Å². The van der Waals surface area contributed by atoms with Gasteiger partial charge in [0.15, 0.2) is 6.61 Å². The Kier molecular flexibility index (Phi) is 7.26. The summed E-state index contributed by atoms with van der Waals surface area (Å²) in [6, 6.07) is 2.29. The monoisotopic (exact) mass is 350 g/mol. The molecule has 0 saturated carbocycles. The maximum absolute atomic E-state index is 12.0. The number of carbonyl (C=O) groups is 2. The van der Waals surface area contributed by atoms with E-state index in [4.69, 9.17) is 20.6 Å². The van der Waals surface area contributed by atoms with Gasteiger partial charge in [0.1, 0.15) is 12.7 Å². The van der Waals surface area contributed by atoms with Gasteiger partial charge in [-0.05, 0) is 13.3 Å². The number of hydrogen-bond donors (Lipinski definition) is 0. The molecule has 0 radical (unpaired) electrons. The molecule has 25 heavy (non-hydrogen) atoms. The highest BCUT2D eigenvalue weighted by Gasteiger charge is 2.43. The molecule has 1 heterocycles. The van der Waals surface area contributed by atoms with E-state index in [0.717, 1.165) is 0 Å². The molecule has 0 aliphatic carbocycles. The van der Waals surface area contributed by atoms with E-state index in [9.17, 15) is 14.9 Å². The number of nitrogens with zero attached hydrogens (tertiary/aromatic N) is 2. The van der Waals surface area contributed by atoms with Gasteiger partial charge in [-0.1, -0.05) is 19.8 Å². The second-order valence-electron chi connectivity index (χ2n) is 7.08. The molecule has 1 aliphatic rings. The number of rotatable bonds is 9. The normalized spacial score (nSPS) is 18.2. The van der Waals surface area contributed by atoms with Crippen LogP contribution in [-0.4, -0.2) is 56.5 Å². The maximum Gasteiger partial charge on any atom is 0.409 e. The van der Waals surface area contributed by atoms with Gasteiger partial charge in [0.25, 0.3) is 0 Å². The van der Waals surface area contributed by atoms with Crippen molar-refractivity contribution in [2.75, 3.05) is 33.4 Å². The number of terminal acetylenes is 1. The van der Waals surface area contributed by atoms with Crippen LogP contribution in [0.2, 0.25) is 0 Å². The summed E-state index contributed by atoms with van der Waals surface area (Å²) in [7, 11) is 1.62. The zero-order chi connectivity index (χ0) is 19.1. The van der Waals surface area contributed by atoms with E-state index in [1.807, 2.05) is 13.8 Å². The molecule has 1 aliphatic heterocycles. The quantitative estimate of drug-likeness (QED) is 0.359. The molecular formula is C18H26N2O5. The average molecular weight is 350 g/mol. The van der Waals surface area contributed by atoms with Gasteiger partial charge in [-0.15, -0.1) is 6.42 Å². The predicted octanol–water partition coefficient (Wildman–Crippen LogP) is 1.97. The van der Waals surface area contributed by atoms with Gasteiger partial charge in [0.05, 0.1) is 18.1 Å². The van der Waals surface area contributed by atoms with Gasteiger partial charge >= 0.3 is 12.1 Å². The van der Waals surface area contributed by atoms with Crippen LogP contribution in [0.5, 0.6) is 0 Å². The first-order chi connectivity index (χ1) is 11.6. The van der Waals surface area contributed by atoms with Crippen LogP contribution in [-0.2, 0) is 19.0 Å². The Balaban J connectivity index is 2.60. The maximum atomic E-state index is 12.0. The van der Waals surface area contributed by atoms with E-state index in [1.54, 1.807) is 14.0 Å². The van der Waals surface area contributed by atoms with Crippen LogP contribution in [0.3, 0.4) is 0 Å². The molecule has 0 N–H and O–H groups in total. The van der Waals surface area contributed by atoms with Gasteiger partial charge in [-0.2, -0.15) is 5.26 Å². The molecule has 7 heteroatoms. The minimum atomic E-state index is -0.837. The highest BCUT2D eigenvalue weighted by molar-refractivity contribution is 5.69. The highest BCUT2D eigenvalue weighted by Crippen LogP contribution is 2.42. The van der Waals surface area contributed by atoms with Crippen LogP contribution in [0.25, 0.3) is 0 Å². The Labute approximate surface area is 149 Å². The molecule has 1 saturated heterocycles. The molecule has 2 atom stereocenters. The predicted molar refractivity (Wildman–Crippen MR) is 90.2 cm³/mol. The molecule has 1 rings (SSSR count). The number of hydrogen-bond acceptors (Lipinski definition) is 6. The van der Waals surface area contributed by atoms with Gasteiger partial charge < -0.3 is 19.1 Å². The van der Waals surface area contributed by atoms with Gasteiger partial charge in [0.2, 0.25) is 0 Å². The van der Waals surface area contributed by atoms with Crippen LogP contribution in [0.1, 0.15) is 33.6 Å². The summed E-state index contributed by atoms with van der Waals surface area (Å²) in [5, 5.41) is 9.66. The van der Waals surface area contributed by atoms with E-state index >= 15 is 0 Å². The SMILES string of the molecule is C#CCOC(=O)CCC(C)(C#N)C(C)(C)CN(C)C(=O)OCC1CO1. The number of carbonyl (C=O) groups excluding carboxylic acids is 2. The second kappa shape index (κ2) is 8.73. The molecule has 1 fully saturated rings. The van der Waals surface area contributed by atoms with Crippen LogP contribution in [0, 0.1) is 34.5 Å². The Hall–Kier alpha value is -2.25. The van der Waals surface area contributed by atoms with Gasteiger partial charge in [-0.25, -0.2) is 4.79 Å². The fourth-order valence-corrected chi connectivity index (χ4v) is 2.36. The molecule has 138 valence electrons. The summed E-state index contributed by atoms with van der Waals surface area (Å²) < 4.78 is 15.0. The fourth-order valence-electron chi connectivity index (χ4n) is 2.36. The third-order valence-electron chi connectivity index (χ3n) is 4.63. The van der Waals surface area contributed by atoms with E-state index in [-0.39, 0.29) is 25.7 Å². The van der Waals surface area contributed by atoms with Crippen LogP contribution < -0.4 is 0 Å². The minimum absolute atomic E-state index is 0.00348. The number of nitriles is 1. The van der Waals surface area contributed by atoms with Crippen LogP contribution in [0.15, 0.2) is 0 Å². The summed E-state index contributed by atoms with van der Waals surface area (Å²) in [6.45, 7) is 6.63. The number of epoxide rings is 1. The standard InChI is InChI=1S/C18H26N2O5/c1-6-9-23-15(21)7-8-18(4,12-19)17(2,3)13-20(5)16(22)25-11-14-10-24-14/h1,14H,7-11,13H2,2-5H3. The lowest BCUT2D eigenvalue weighted by molar-refractivity contribution is -0.143. The summed E-state index contributed by atoms with van der Waals surface area (Å²) in [5.74, 6) is 1.79. The van der Waals surface area contributed by atoms with E-state index < -0.39 is 22.9 Å². The molecule has 0 bridgehead atoms. The van der Waals surface area contributed by atoms with Crippen molar-refractivity contribution in [3.05, 3.63) is 0 Å². The molecular weight excluding hydrogens is 324 g/mol. The van der Waals surface area contributed by atoms with Gasteiger partial charge in [0, 0.05) is 25.4 Å². The average Bonchev–Trinajstić information content (AvgIpc) is 3.39. The van der Waals surface area contributed by atoms with E-state index in [1.165, 1.54) is 4.90 Å². The van der Waals surface area contributed by atoms with Crippen molar-refractivity contribution in [1.29, 1.82) is 5.26 Å². The molecule has 1 amide bonds. The molecule has 0 aromatic heterocycles. The third-order valence-corrected chi connectivity index (χ3v) is 4.63. The fraction of sp³-hybridized carbons (Fsp3) is 0.722. The second-order valence-corrected chi connectivity index (χ2v) is 7.08. The van der Waals surface area contributed by atoms with Crippen molar-refractivity contribution >= 4 is 12.1 Å². The van der Waals surface area contributed by atoms with Crippen LogP contribution in [0.4, 0.5) is 4.79 Å². The van der Waals surface area contributed by atoms with Gasteiger partial charge in [-0.3, -0.25) is 4.79 Å². The first-order valence-corrected chi connectivity index (χ1v) is 8.15. The summed E-state index contributed by atoms with van der Waals surface area (Å²) >= 11 is 0. The number of esters is 1. The Morgan fingerprint density at radius 3 is 2.52 bits per heavy atom. The first kappa shape index (κ1) is 20.8. The summed E-state index contributed by atoms with van der Waals surface area (Å²) in [4.78, 5) is 25.1. The lowest BCUT2D eigenvalue weighted by atomic mass is 9.65. The molecule has 0 spiro atoms. The number of amides is 1. The van der Waals surface area contributed by atoms with E-state index in [2.05, 4.69) is 12.0 Å². The lowest BCUT2D eigenvalue weighted by Crippen LogP contribution is -2.45. The lowest BCUT2D eigenvalue weighted by Gasteiger charge is -2.41. The molecule has 2 unspecified atom stereocenters. The minimum Gasteiger partial charge on any atom is -0.452 e. The smallest absolute Gasteiger partial charge is 0.409 e. The van der Waals surface area contributed by atoms with Crippen molar-refractivity contribution < 1.29 is 23.8 Å². The molecule has 0 aromatic rings. The molecule has 7 nitrogen and oxygen atoms in total. The highest BCUT2D eigenvalue weighted by atomic mass is 16.6. The zero-order valence-corrected chi connectivity index (χ0v) is 15.3. The summed E-state index contributed by atoms with van der Waals surface area (Å²) in [5.41, 5.74) is -1.41. The first-order valence-electron chi connectivity index (χ1n) is 8.15. The Morgan fingerprint density at radius 2 is 2.00 bits per heavy atom. The number of ether oxygens (including phenoxy) is 3.